The maximum atomic E-state index is 12.7. The molecule has 0 saturated carbocycles. The molecule has 0 spiro atoms. The average Bonchev–Trinajstić information content (AvgIpc) is 2.77. The molecular weight excluding hydrogens is 410 g/mol. The fraction of sp³-hybridized carbons (Fsp3) is 0.364. The Bertz CT molecular complexity index is 930. The van der Waals surface area contributed by atoms with Gasteiger partial charge in [0.15, 0.2) is 18.1 Å². The van der Waals surface area contributed by atoms with Gasteiger partial charge in [-0.1, -0.05) is 18.2 Å². The summed E-state index contributed by atoms with van der Waals surface area (Å²) in [6.45, 7) is -0.0545. The largest absolute Gasteiger partial charge is 0.493 e. The van der Waals surface area contributed by atoms with Crippen LogP contribution in [0, 0.1) is 6.92 Å². The van der Waals surface area contributed by atoms with Crippen molar-refractivity contribution in [3.8, 4) is 17.2 Å². The first-order valence-corrected chi connectivity index (χ1v) is 9.77. The molecule has 3 rings (SSSR count). The first-order chi connectivity index (χ1) is 14.9. The Morgan fingerprint density at radius 1 is 0.968 bits per heavy atom. The quantitative estimate of drug-likeness (QED) is 0.670. The molecule has 2 aromatic carbocycles. The smallest absolute Gasteiger partial charge is 0.387 e. The van der Waals surface area contributed by atoms with Gasteiger partial charge in [-0.15, -0.1) is 0 Å². The number of methoxy groups -OCH3 is 1. The number of para-hydroxylation sites is 1. The Balaban J connectivity index is 1.55. The number of amides is 2. The van der Waals surface area contributed by atoms with Crippen LogP contribution >= 0.6 is 0 Å². The van der Waals surface area contributed by atoms with E-state index in [4.69, 9.17) is 9.47 Å². The topological polar surface area (TPSA) is 68.3 Å². The molecule has 1 aliphatic heterocycles. The number of hydrogen-bond donors (Lipinski definition) is 0. The summed E-state index contributed by atoms with van der Waals surface area (Å²) in [4.78, 5) is 28.4. The van der Waals surface area contributed by atoms with Crippen LogP contribution in [0.25, 0.3) is 0 Å². The van der Waals surface area contributed by atoms with E-state index in [-0.39, 0.29) is 36.9 Å². The van der Waals surface area contributed by atoms with Gasteiger partial charge >= 0.3 is 6.61 Å². The number of ether oxygens (including phenoxy) is 3. The van der Waals surface area contributed by atoms with Crippen molar-refractivity contribution in [3.05, 3.63) is 53.6 Å². The van der Waals surface area contributed by atoms with Gasteiger partial charge in [-0.3, -0.25) is 9.59 Å². The van der Waals surface area contributed by atoms with Crippen LogP contribution in [0.4, 0.5) is 8.78 Å². The van der Waals surface area contributed by atoms with Crippen LogP contribution in [-0.2, 0) is 4.79 Å². The highest BCUT2D eigenvalue weighted by Gasteiger charge is 2.27. The molecule has 0 radical (unpaired) electrons. The van der Waals surface area contributed by atoms with E-state index in [0.29, 0.717) is 24.6 Å². The minimum absolute atomic E-state index is 0.0670. The van der Waals surface area contributed by atoms with Crippen LogP contribution in [-0.4, -0.2) is 68.1 Å². The van der Waals surface area contributed by atoms with E-state index < -0.39 is 12.5 Å². The number of carbonyl (C=O) groups excluding carboxylic acids is 2. The normalized spacial score (nSPS) is 13.8. The summed E-state index contributed by atoms with van der Waals surface area (Å²) in [6, 6.07) is 11.3. The lowest BCUT2D eigenvalue weighted by molar-refractivity contribution is -0.134. The van der Waals surface area contributed by atoms with E-state index in [0.717, 1.165) is 5.56 Å². The van der Waals surface area contributed by atoms with Crippen molar-refractivity contribution in [2.24, 2.45) is 0 Å². The van der Waals surface area contributed by atoms with Crippen LogP contribution in [0.3, 0.4) is 0 Å². The second kappa shape index (κ2) is 10.1. The van der Waals surface area contributed by atoms with Gasteiger partial charge in [0.2, 0.25) is 0 Å². The summed E-state index contributed by atoms with van der Waals surface area (Å²) < 4.78 is 40.5. The third kappa shape index (κ3) is 5.62. The van der Waals surface area contributed by atoms with Gasteiger partial charge in [0, 0.05) is 26.2 Å². The van der Waals surface area contributed by atoms with E-state index in [9.17, 15) is 18.4 Å². The van der Waals surface area contributed by atoms with Crippen LogP contribution in [0.2, 0.25) is 0 Å². The number of benzene rings is 2. The molecule has 0 unspecified atom stereocenters. The van der Waals surface area contributed by atoms with Crippen LogP contribution in [0.5, 0.6) is 17.2 Å². The molecule has 31 heavy (non-hydrogen) atoms. The van der Waals surface area contributed by atoms with Gasteiger partial charge in [-0.25, -0.2) is 0 Å². The number of piperazine rings is 1. The fourth-order valence-electron chi connectivity index (χ4n) is 3.30. The Morgan fingerprint density at radius 2 is 1.65 bits per heavy atom. The van der Waals surface area contributed by atoms with E-state index in [1.165, 1.54) is 30.2 Å². The molecule has 7 nitrogen and oxygen atoms in total. The Kier molecular flexibility index (Phi) is 7.28. The second-order valence-electron chi connectivity index (χ2n) is 6.99. The molecule has 1 aliphatic rings. The summed E-state index contributed by atoms with van der Waals surface area (Å²) in [6.07, 6.45) is 0. The van der Waals surface area contributed by atoms with Gasteiger partial charge in [0.05, 0.1) is 12.7 Å². The number of alkyl halides is 2. The predicted octanol–water partition coefficient (Wildman–Crippen LogP) is 2.97. The van der Waals surface area contributed by atoms with Gasteiger partial charge in [0.25, 0.3) is 11.8 Å². The Hall–Kier alpha value is -3.36. The van der Waals surface area contributed by atoms with Gasteiger partial charge in [-0.05, 0) is 36.8 Å². The molecule has 1 heterocycles. The third-order valence-electron chi connectivity index (χ3n) is 4.92. The highest BCUT2D eigenvalue weighted by atomic mass is 19.3. The van der Waals surface area contributed by atoms with Crippen molar-refractivity contribution in [1.29, 1.82) is 0 Å². The number of hydrogen-bond acceptors (Lipinski definition) is 5. The number of rotatable bonds is 7. The van der Waals surface area contributed by atoms with Crippen molar-refractivity contribution in [3.63, 3.8) is 0 Å². The number of carbonyl (C=O) groups is 2. The van der Waals surface area contributed by atoms with Crippen molar-refractivity contribution in [1.82, 2.24) is 9.80 Å². The summed E-state index contributed by atoms with van der Waals surface area (Å²) in [5, 5.41) is 0. The van der Waals surface area contributed by atoms with Crippen molar-refractivity contribution >= 4 is 11.8 Å². The minimum atomic E-state index is -3.02. The first kappa shape index (κ1) is 22.3. The van der Waals surface area contributed by atoms with E-state index in [1.54, 1.807) is 17.0 Å². The maximum Gasteiger partial charge on any atom is 0.387 e. The zero-order valence-electron chi connectivity index (χ0n) is 17.3. The molecular formula is C22H24F2N2O5. The molecule has 0 aliphatic carbocycles. The number of aryl methyl sites for hydroxylation is 1. The predicted molar refractivity (Wildman–Crippen MR) is 109 cm³/mol. The Labute approximate surface area is 179 Å². The van der Waals surface area contributed by atoms with E-state index in [2.05, 4.69) is 4.74 Å². The van der Waals surface area contributed by atoms with Crippen LogP contribution < -0.4 is 14.2 Å². The fourth-order valence-corrected chi connectivity index (χ4v) is 3.30. The van der Waals surface area contributed by atoms with E-state index >= 15 is 0 Å². The highest BCUT2D eigenvalue weighted by molar-refractivity contribution is 5.97. The molecule has 0 N–H and O–H groups in total. The lowest BCUT2D eigenvalue weighted by Gasteiger charge is -2.35. The molecule has 0 aromatic heterocycles. The molecule has 9 heteroatoms. The summed E-state index contributed by atoms with van der Waals surface area (Å²) in [5.74, 6) is 0.236. The van der Waals surface area contributed by atoms with Crippen molar-refractivity contribution < 1.29 is 32.6 Å². The zero-order chi connectivity index (χ0) is 22.4. The van der Waals surface area contributed by atoms with E-state index in [1.807, 2.05) is 19.1 Å². The molecule has 0 bridgehead atoms. The maximum absolute atomic E-state index is 12.7. The lowest BCUT2D eigenvalue weighted by Crippen LogP contribution is -2.51. The summed E-state index contributed by atoms with van der Waals surface area (Å²) >= 11 is 0. The number of halogens is 2. The zero-order valence-corrected chi connectivity index (χ0v) is 17.3. The third-order valence-corrected chi connectivity index (χ3v) is 4.92. The summed E-state index contributed by atoms with van der Waals surface area (Å²) in [7, 11) is 1.53. The monoisotopic (exact) mass is 434 g/mol. The standard InChI is InChI=1S/C22H24F2N2O5/c1-15-7-8-18(19(13-15)29-2)30-14-20(27)25-9-11-26(12-10-25)21(28)16-5-3-4-6-17(16)31-22(23)24/h3-8,13,22H,9-12,14H2,1-2H3. The van der Waals surface area contributed by atoms with Crippen LogP contribution in [0.1, 0.15) is 15.9 Å². The molecule has 2 aromatic rings. The lowest BCUT2D eigenvalue weighted by atomic mass is 10.1. The van der Waals surface area contributed by atoms with Crippen molar-refractivity contribution in [2.75, 3.05) is 39.9 Å². The van der Waals surface area contributed by atoms with Gasteiger partial charge in [-0.2, -0.15) is 8.78 Å². The molecule has 0 atom stereocenters. The van der Waals surface area contributed by atoms with Gasteiger partial charge < -0.3 is 24.0 Å². The molecule has 2 amide bonds. The van der Waals surface area contributed by atoms with Crippen molar-refractivity contribution in [2.45, 2.75) is 13.5 Å². The number of nitrogens with zero attached hydrogens (tertiary/aromatic N) is 2. The molecule has 1 fully saturated rings. The SMILES string of the molecule is COc1cc(C)ccc1OCC(=O)N1CCN(C(=O)c2ccccc2OC(F)F)CC1. The first-order valence-electron chi connectivity index (χ1n) is 9.77. The van der Waals surface area contributed by atoms with Crippen LogP contribution in [0.15, 0.2) is 42.5 Å². The molecule has 1 saturated heterocycles. The average molecular weight is 434 g/mol. The van der Waals surface area contributed by atoms with Gasteiger partial charge in [0.1, 0.15) is 5.75 Å². The Morgan fingerprint density at radius 3 is 2.32 bits per heavy atom. The highest BCUT2D eigenvalue weighted by Crippen LogP contribution is 2.28. The minimum Gasteiger partial charge on any atom is -0.493 e. The summed E-state index contributed by atoms with van der Waals surface area (Å²) in [5.41, 5.74) is 1.08. The molecule has 166 valence electrons. The second-order valence-corrected chi connectivity index (χ2v) is 6.99.